The van der Waals surface area contributed by atoms with Crippen LogP contribution < -0.4 is 11.1 Å². The van der Waals surface area contributed by atoms with Crippen LogP contribution in [0.1, 0.15) is 22.6 Å². The van der Waals surface area contributed by atoms with Gasteiger partial charge in [0.1, 0.15) is 28.7 Å². The lowest BCUT2D eigenvalue weighted by molar-refractivity contribution is -0.115. The number of aryl methyl sites for hydroxylation is 3. The normalized spacial score (nSPS) is 11.1. The van der Waals surface area contributed by atoms with Crippen LogP contribution in [0, 0.1) is 26.6 Å². The quantitative estimate of drug-likeness (QED) is 0.534. The number of benzene rings is 2. The van der Waals surface area contributed by atoms with Gasteiger partial charge in [-0.3, -0.25) is 9.20 Å². The molecular formula is C23H22FN5O. The molecule has 0 unspecified atom stereocenters. The molecule has 2 aromatic heterocycles. The van der Waals surface area contributed by atoms with Gasteiger partial charge in [0.05, 0.1) is 12.1 Å². The molecule has 6 nitrogen and oxygen atoms in total. The summed E-state index contributed by atoms with van der Waals surface area (Å²) >= 11 is 0. The summed E-state index contributed by atoms with van der Waals surface area (Å²) in [6.45, 7) is 5.77. The number of nitrogen functional groups attached to an aromatic ring is 1. The predicted octanol–water partition coefficient (Wildman–Crippen LogP) is 4.22. The first-order valence-electron chi connectivity index (χ1n) is 9.59. The third-order valence-corrected chi connectivity index (χ3v) is 4.96. The topological polar surface area (TPSA) is 85.3 Å². The molecule has 0 aliphatic heterocycles. The summed E-state index contributed by atoms with van der Waals surface area (Å²) in [5.41, 5.74) is 11.7. The minimum atomic E-state index is -0.355. The van der Waals surface area contributed by atoms with Gasteiger partial charge >= 0.3 is 0 Å². The molecule has 4 rings (SSSR count). The molecule has 0 aliphatic rings. The summed E-state index contributed by atoms with van der Waals surface area (Å²) in [4.78, 5) is 21.4. The van der Waals surface area contributed by atoms with Crippen molar-refractivity contribution in [3.8, 4) is 11.3 Å². The summed E-state index contributed by atoms with van der Waals surface area (Å²) in [5.74, 6) is 0.688. The Balaban J connectivity index is 1.61. The van der Waals surface area contributed by atoms with Crippen LogP contribution in [0.15, 0.2) is 48.7 Å². The maximum atomic E-state index is 13.3. The smallest absolute Gasteiger partial charge is 0.228 e. The highest BCUT2D eigenvalue weighted by Crippen LogP contribution is 2.31. The SMILES string of the molecule is Cc1cn2c(C)nc(-c3ccc(NC(=O)Cc4cccc(F)c4)cc3C)c2c(N)n1. The van der Waals surface area contributed by atoms with Crippen LogP contribution in [0.25, 0.3) is 16.8 Å². The molecule has 0 saturated carbocycles. The number of anilines is 2. The molecule has 3 N–H and O–H groups in total. The van der Waals surface area contributed by atoms with Crippen molar-refractivity contribution in [1.29, 1.82) is 0 Å². The second-order valence-corrected chi connectivity index (χ2v) is 7.38. The van der Waals surface area contributed by atoms with Gasteiger partial charge in [-0.15, -0.1) is 0 Å². The fourth-order valence-corrected chi connectivity index (χ4v) is 3.64. The number of halogens is 1. The van der Waals surface area contributed by atoms with Gasteiger partial charge in [-0.25, -0.2) is 14.4 Å². The zero-order valence-corrected chi connectivity index (χ0v) is 17.0. The monoisotopic (exact) mass is 403 g/mol. The van der Waals surface area contributed by atoms with Gasteiger partial charge < -0.3 is 11.1 Å². The Hall–Kier alpha value is -3.74. The molecule has 152 valence electrons. The van der Waals surface area contributed by atoms with Gasteiger partial charge in [0.25, 0.3) is 0 Å². The third kappa shape index (κ3) is 3.74. The zero-order chi connectivity index (χ0) is 21.4. The van der Waals surface area contributed by atoms with Crippen LogP contribution >= 0.6 is 0 Å². The number of carbonyl (C=O) groups excluding carboxylic acids is 1. The molecule has 0 bridgehead atoms. The molecule has 2 heterocycles. The molecule has 7 heteroatoms. The van der Waals surface area contributed by atoms with Gasteiger partial charge in [0.15, 0.2) is 0 Å². The number of aromatic nitrogens is 3. The summed E-state index contributed by atoms with van der Waals surface area (Å²) in [7, 11) is 0. The van der Waals surface area contributed by atoms with Crippen molar-refractivity contribution in [3.63, 3.8) is 0 Å². The first kappa shape index (κ1) is 19.6. The van der Waals surface area contributed by atoms with Gasteiger partial charge in [-0.2, -0.15) is 0 Å². The predicted molar refractivity (Wildman–Crippen MR) is 116 cm³/mol. The zero-order valence-electron chi connectivity index (χ0n) is 17.0. The molecule has 4 aromatic rings. The van der Waals surface area contributed by atoms with E-state index in [0.717, 1.165) is 33.9 Å². The van der Waals surface area contributed by atoms with Crippen molar-refractivity contribution < 1.29 is 9.18 Å². The number of nitrogens with zero attached hydrogens (tertiary/aromatic N) is 3. The van der Waals surface area contributed by atoms with E-state index in [9.17, 15) is 9.18 Å². The molecule has 1 amide bonds. The maximum absolute atomic E-state index is 13.3. The molecular weight excluding hydrogens is 381 g/mol. The Morgan fingerprint density at radius 3 is 2.67 bits per heavy atom. The lowest BCUT2D eigenvalue weighted by Crippen LogP contribution is -2.14. The van der Waals surface area contributed by atoms with E-state index >= 15 is 0 Å². The number of hydrogen-bond acceptors (Lipinski definition) is 4. The fraction of sp³-hybridized carbons (Fsp3) is 0.174. The van der Waals surface area contributed by atoms with Crippen molar-refractivity contribution in [2.45, 2.75) is 27.2 Å². The number of hydrogen-bond donors (Lipinski definition) is 2. The Morgan fingerprint density at radius 2 is 1.93 bits per heavy atom. The number of amides is 1. The lowest BCUT2D eigenvalue weighted by Gasteiger charge is -2.10. The fourth-order valence-electron chi connectivity index (χ4n) is 3.64. The molecule has 0 fully saturated rings. The number of imidazole rings is 1. The Morgan fingerprint density at radius 1 is 1.13 bits per heavy atom. The van der Waals surface area contributed by atoms with Crippen LogP contribution in [-0.2, 0) is 11.2 Å². The number of rotatable bonds is 4. The van der Waals surface area contributed by atoms with Crippen molar-refractivity contribution in [2.75, 3.05) is 11.1 Å². The highest BCUT2D eigenvalue weighted by atomic mass is 19.1. The van der Waals surface area contributed by atoms with Crippen molar-refractivity contribution in [2.24, 2.45) is 0 Å². The molecule has 30 heavy (non-hydrogen) atoms. The minimum Gasteiger partial charge on any atom is -0.382 e. The second-order valence-electron chi connectivity index (χ2n) is 7.38. The summed E-state index contributed by atoms with van der Waals surface area (Å²) in [6, 6.07) is 11.7. The average Bonchev–Trinajstić information content (AvgIpc) is 2.98. The van der Waals surface area contributed by atoms with E-state index in [1.54, 1.807) is 12.1 Å². The molecule has 0 radical (unpaired) electrons. The number of nitrogens with one attached hydrogen (secondary N) is 1. The van der Waals surface area contributed by atoms with E-state index in [4.69, 9.17) is 10.7 Å². The molecule has 0 aliphatic carbocycles. The van der Waals surface area contributed by atoms with E-state index in [0.29, 0.717) is 17.1 Å². The Kier molecular flexibility index (Phi) is 4.95. The highest BCUT2D eigenvalue weighted by molar-refractivity contribution is 5.93. The van der Waals surface area contributed by atoms with E-state index in [-0.39, 0.29) is 18.1 Å². The summed E-state index contributed by atoms with van der Waals surface area (Å²) < 4.78 is 15.3. The standard InChI is InChI=1S/C23H22FN5O/c1-13-9-18(28-20(30)11-16-5-4-6-17(24)10-16)7-8-19(13)21-22-23(25)26-14(2)12-29(22)15(3)27-21/h4-10,12H,11H2,1-3H3,(H2,25,26)(H,28,30). The minimum absolute atomic E-state index is 0.102. The van der Waals surface area contributed by atoms with Gasteiger partial charge in [-0.05, 0) is 56.2 Å². The van der Waals surface area contributed by atoms with Gasteiger partial charge in [0.2, 0.25) is 5.91 Å². The number of carbonyl (C=O) groups is 1. The highest BCUT2D eigenvalue weighted by Gasteiger charge is 2.17. The van der Waals surface area contributed by atoms with E-state index in [2.05, 4.69) is 10.3 Å². The number of fused-ring (bicyclic) bond motifs is 1. The van der Waals surface area contributed by atoms with E-state index in [1.165, 1.54) is 12.1 Å². The summed E-state index contributed by atoms with van der Waals surface area (Å²) in [5, 5.41) is 2.87. The molecule has 2 aromatic carbocycles. The molecule has 0 atom stereocenters. The lowest BCUT2D eigenvalue weighted by atomic mass is 10.0. The van der Waals surface area contributed by atoms with Gasteiger partial charge in [0, 0.05) is 17.4 Å². The van der Waals surface area contributed by atoms with E-state index in [1.807, 2.05) is 49.6 Å². The maximum Gasteiger partial charge on any atom is 0.228 e. The van der Waals surface area contributed by atoms with Crippen LogP contribution in [-0.4, -0.2) is 20.3 Å². The van der Waals surface area contributed by atoms with Crippen LogP contribution in [0.4, 0.5) is 15.9 Å². The largest absolute Gasteiger partial charge is 0.382 e. The molecule has 0 spiro atoms. The van der Waals surface area contributed by atoms with Crippen molar-refractivity contribution in [1.82, 2.24) is 14.4 Å². The summed E-state index contributed by atoms with van der Waals surface area (Å²) in [6.07, 6.45) is 2.01. The Bertz CT molecular complexity index is 1280. The van der Waals surface area contributed by atoms with E-state index < -0.39 is 0 Å². The van der Waals surface area contributed by atoms with Crippen LogP contribution in [0.2, 0.25) is 0 Å². The van der Waals surface area contributed by atoms with Crippen LogP contribution in [0.3, 0.4) is 0 Å². The average molecular weight is 403 g/mol. The second kappa shape index (κ2) is 7.59. The van der Waals surface area contributed by atoms with Crippen LogP contribution in [0.5, 0.6) is 0 Å². The first-order chi connectivity index (χ1) is 14.3. The number of nitrogens with two attached hydrogens (primary N) is 1. The molecule has 0 saturated heterocycles. The van der Waals surface area contributed by atoms with Gasteiger partial charge in [-0.1, -0.05) is 18.2 Å². The third-order valence-electron chi connectivity index (χ3n) is 4.96. The Labute approximate surface area is 173 Å². The first-order valence-corrected chi connectivity index (χ1v) is 9.59. The van der Waals surface area contributed by atoms with Crippen molar-refractivity contribution in [3.05, 3.63) is 77.1 Å². The van der Waals surface area contributed by atoms with Crippen molar-refractivity contribution >= 4 is 22.9 Å².